The van der Waals surface area contributed by atoms with Crippen LogP contribution in [0.5, 0.6) is 0 Å². The van der Waals surface area contributed by atoms with Crippen LogP contribution in [0.25, 0.3) is 0 Å². The summed E-state index contributed by atoms with van der Waals surface area (Å²) in [5.74, 6) is -0.489. The van der Waals surface area contributed by atoms with Gasteiger partial charge in [0.05, 0.1) is 5.92 Å². The first kappa shape index (κ1) is 14.7. The standard InChI is InChI=1S/C16H17N3O2S/c1-10-5-11(2)7-13(6-10)19-9-12(8-14(19)20)15(21)18-16-17-3-4-22-16/h3-7,12H,8-9H2,1-2H3,(H,17,18,21)/t12-/m1/s1. The van der Waals surface area contributed by atoms with Crippen molar-refractivity contribution in [3.63, 3.8) is 0 Å². The summed E-state index contributed by atoms with van der Waals surface area (Å²) in [7, 11) is 0. The largest absolute Gasteiger partial charge is 0.312 e. The number of rotatable bonds is 3. The van der Waals surface area contributed by atoms with Gasteiger partial charge >= 0.3 is 0 Å². The zero-order chi connectivity index (χ0) is 15.7. The molecule has 1 aromatic carbocycles. The van der Waals surface area contributed by atoms with Crippen LogP contribution in [0.15, 0.2) is 29.8 Å². The molecule has 0 aliphatic carbocycles. The van der Waals surface area contributed by atoms with Crippen LogP contribution in [0.3, 0.4) is 0 Å². The summed E-state index contributed by atoms with van der Waals surface area (Å²) in [6.45, 7) is 4.42. The van der Waals surface area contributed by atoms with Crippen molar-refractivity contribution in [1.82, 2.24) is 4.98 Å². The fraction of sp³-hybridized carbons (Fsp3) is 0.312. The van der Waals surface area contributed by atoms with Crippen molar-refractivity contribution in [2.75, 3.05) is 16.8 Å². The Kier molecular flexibility index (Phi) is 3.94. The second kappa shape index (κ2) is 5.88. The van der Waals surface area contributed by atoms with Gasteiger partial charge in [0.15, 0.2) is 5.13 Å². The first-order valence-corrected chi connectivity index (χ1v) is 8.00. The van der Waals surface area contributed by atoms with E-state index in [0.717, 1.165) is 16.8 Å². The molecule has 2 aromatic rings. The molecule has 1 atom stereocenters. The first-order valence-electron chi connectivity index (χ1n) is 7.12. The van der Waals surface area contributed by atoms with Crippen molar-refractivity contribution in [1.29, 1.82) is 0 Å². The molecular formula is C16H17N3O2S. The van der Waals surface area contributed by atoms with Gasteiger partial charge in [0.25, 0.3) is 0 Å². The molecule has 0 radical (unpaired) electrons. The Bertz CT molecular complexity index is 692. The lowest BCUT2D eigenvalue weighted by molar-refractivity contribution is -0.122. The number of hydrogen-bond donors (Lipinski definition) is 1. The van der Waals surface area contributed by atoms with Crippen LogP contribution in [0.2, 0.25) is 0 Å². The quantitative estimate of drug-likeness (QED) is 0.947. The SMILES string of the molecule is Cc1cc(C)cc(N2C[C@H](C(=O)Nc3nccs3)CC2=O)c1. The Morgan fingerprint density at radius 3 is 2.68 bits per heavy atom. The maximum atomic E-state index is 12.2. The van der Waals surface area contributed by atoms with Gasteiger partial charge < -0.3 is 10.2 Å². The van der Waals surface area contributed by atoms with Gasteiger partial charge in [-0.05, 0) is 37.1 Å². The van der Waals surface area contributed by atoms with Crippen molar-refractivity contribution in [3.05, 3.63) is 40.9 Å². The number of anilines is 2. The number of nitrogens with zero attached hydrogens (tertiary/aromatic N) is 2. The average molecular weight is 315 g/mol. The lowest BCUT2D eigenvalue weighted by Crippen LogP contribution is -2.28. The minimum Gasteiger partial charge on any atom is -0.312 e. The third kappa shape index (κ3) is 3.01. The van der Waals surface area contributed by atoms with Crippen LogP contribution in [0.4, 0.5) is 10.8 Å². The van der Waals surface area contributed by atoms with Crippen LogP contribution in [-0.4, -0.2) is 23.3 Å². The molecule has 22 heavy (non-hydrogen) atoms. The van der Waals surface area contributed by atoms with Gasteiger partial charge in [-0.3, -0.25) is 9.59 Å². The number of thiazole rings is 1. The van der Waals surface area contributed by atoms with E-state index in [0.29, 0.717) is 11.7 Å². The fourth-order valence-electron chi connectivity index (χ4n) is 2.73. The van der Waals surface area contributed by atoms with E-state index in [9.17, 15) is 9.59 Å². The zero-order valence-electron chi connectivity index (χ0n) is 12.5. The van der Waals surface area contributed by atoms with Crippen molar-refractivity contribution in [3.8, 4) is 0 Å². The van der Waals surface area contributed by atoms with E-state index < -0.39 is 0 Å². The summed E-state index contributed by atoms with van der Waals surface area (Å²) in [5.41, 5.74) is 3.09. The Balaban J connectivity index is 1.74. The molecule has 2 heterocycles. The molecule has 114 valence electrons. The van der Waals surface area contributed by atoms with Crippen molar-refractivity contribution in [2.24, 2.45) is 5.92 Å². The van der Waals surface area contributed by atoms with E-state index in [1.165, 1.54) is 11.3 Å². The van der Waals surface area contributed by atoms with E-state index in [2.05, 4.69) is 16.4 Å². The molecule has 2 amide bonds. The Morgan fingerprint density at radius 1 is 1.32 bits per heavy atom. The summed E-state index contributed by atoms with van der Waals surface area (Å²) in [6, 6.07) is 6.02. The molecule has 1 aliphatic heterocycles. The maximum Gasteiger partial charge on any atom is 0.231 e. The molecule has 1 saturated heterocycles. The van der Waals surface area contributed by atoms with Crippen LogP contribution in [0.1, 0.15) is 17.5 Å². The predicted octanol–water partition coefficient (Wildman–Crippen LogP) is 2.75. The van der Waals surface area contributed by atoms with Gasteiger partial charge in [-0.1, -0.05) is 6.07 Å². The highest BCUT2D eigenvalue weighted by Crippen LogP contribution is 2.27. The van der Waals surface area contributed by atoms with Crippen LogP contribution in [-0.2, 0) is 9.59 Å². The monoisotopic (exact) mass is 315 g/mol. The molecule has 1 N–H and O–H groups in total. The van der Waals surface area contributed by atoms with E-state index in [4.69, 9.17) is 0 Å². The zero-order valence-corrected chi connectivity index (χ0v) is 13.3. The minimum atomic E-state index is -0.336. The molecule has 6 heteroatoms. The number of benzene rings is 1. The molecule has 0 spiro atoms. The van der Waals surface area contributed by atoms with E-state index in [-0.39, 0.29) is 24.2 Å². The molecular weight excluding hydrogens is 298 g/mol. The van der Waals surface area contributed by atoms with Gasteiger partial charge in [0.1, 0.15) is 0 Å². The number of nitrogens with one attached hydrogen (secondary N) is 1. The van der Waals surface area contributed by atoms with Crippen LogP contribution < -0.4 is 10.2 Å². The van der Waals surface area contributed by atoms with E-state index in [1.807, 2.05) is 26.0 Å². The normalized spacial score (nSPS) is 17.8. The average Bonchev–Trinajstić information content (AvgIpc) is 3.07. The topological polar surface area (TPSA) is 62.3 Å². The third-order valence-electron chi connectivity index (χ3n) is 3.68. The number of carbonyl (C=O) groups excluding carboxylic acids is 2. The van der Waals surface area contributed by atoms with E-state index >= 15 is 0 Å². The fourth-order valence-corrected chi connectivity index (χ4v) is 3.26. The van der Waals surface area contributed by atoms with Crippen LogP contribution in [0, 0.1) is 19.8 Å². The predicted molar refractivity (Wildman–Crippen MR) is 87.1 cm³/mol. The second-order valence-corrected chi connectivity index (χ2v) is 6.47. The van der Waals surface area contributed by atoms with Gasteiger partial charge in [0.2, 0.25) is 11.8 Å². The summed E-state index contributed by atoms with van der Waals surface area (Å²) in [4.78, 5) is 30.2. The molecule has 3 rings (SSSR count). The first-order chi connectivity index (χ1) is 10.5. The maximum absolute atomic E-state index is 12.2. The number of aromatic nitrogens is 1. The summed E-state index contributed by atoms with van der Waals surface area (Å²) in [6.07, 6.45) is 1.88. The van der Waals surface area contributed by atoms with Gasteiger partial charge in [-0.2, -0.15) is 0 Å². The Morgan fingerprint density at radius 2 is 2.05 bits per heavy atom. The van der Waals surface area contributed by atoms with Gasteiger partial charge in [0, 0.05) is 30.2 Å². The van der Waals surface area contributed by atoms with Gasteiger partial charge in [-0.15, -0.1) is 11.3 Å². The van der Waals surface area contributed by atoms with Crippen LogP contribution >= 0.6 is 11.3 Å². The van der Waals surface area contributed by atoms with E-state index in [1.54, 1.807) is 16.5 Å². The summed E-state index contributed by atoms with van der Waals surface area (Å²) < 4.78 is 0. The lowest BCUT2D eigenvalue weighted by Gasteiger charge is -2.18. The molecule has 5 nitrogen and oxygen atoms in total. The van der Waals surface area contributed by atoms with Crippen molar-refractivity contribution in [2.45, 2.75) is 20.3 Å². The smallest absolute Gasteiger partial charge is 0.231 e. The second-order valence-electron chi connectivity index (χ2n) is 5.58. The molecule has 1 fully saturated rings. The van der Waals surface area contributed by atoms with Crippen molar-refractivity contribution >= 4 is 34.0 Å². The molecule has 0 unspecified atom stereocenters. The number of amides is 2. The highest BCUT2D eigenvalue weighted by molar-refractivity contribution is 7.13. The van der Waals surface area contributed by atoms with Crippen molar-refractivity contribution < 1.29 is 9.59 Å². The highest BCUT2D eigenvalue weighted by atomic mass is 32.1. The lowest BCUT2D eigenvalue weighted by atomic mass is 10.1. The number of carbonyl (C=O) groups is 2. The highest BCUT2D eigenvalue weighted by Gasteiger charge is 2.35. The summed E-state index contributed by atoms with van der Waals surface area (Å²) >= 11 is 1.37. The third-order valence-corrected chi connectivity index (χ3v) is 4.36. The molecule has 1 aromatic heterocycles. The minimum absolute atomic E-state index is 0.00992. The molecule has 0 bridgehead atoms. The Labute approximate surface area is 133 Å². The number of hydrogen-bond acceptors (Lipinski definition) is 4. The molecule has 0 saturated carbocycles. The number of aryl methyl sites for hydroxylation is 2. The van der Waals surface area contributed by atoms with Gasteiger partial charge in [-0.25, -0.2) is 4.98 Å². The molecule has 1 aliphatic rings. The summed E-state index contributed by atoms with van der Waals surface area (Å²) in [5, 5.41) is 5.14. The Hall–Kier alpha value is -2.21.